The van der Waals surface area contributed by atoms with Gasteiger partial charge in [-0.3, -0.25) is 14.5 Å². The third-order valence-electron chi connectivity index (χ3n) is 2.15. The molecule has 0 amide bonds. The number of hydrogen-bond donors (Lipinski definition) is 0. The molecule has 0 radical (unpaired) electrons. The number of carbonyl (C=O) groups excluding carboxylic acids is 2. The molecular formula is C10H17NO3S. The van der Waals surface area contributed by atoms with Crippen LogP contribution in [0.5, 0.6) is 0 Å². The molecule has 15 heavy (non-hydrogen) atoms. The highest BCUT2D eigenvalue weighted by Gasteiger charge is 2.16. The van der Waals surface area contributed by atoms with E-state index in [0.717, 1.165) is 24.6 Å². The Bertz CT molecular complexity index is 227. The lowest BCUT2D eigenvalue weighted by molar-refractivity contribution is -0.145. The van der Waals surface area contributed by atoms with E-state index in [-0.39, 0.29) is 12.2 Å². The second-order valence-electron chi connectivity index (χ2n) is 3.41. The van der Waals surface area contributed by atoms with Crippen molar-refractivity contribution in [3.05, 3.63) is 0 Å². The molecule has 0 unspecified atom stereocenters. The van der Waals surface area contributed by atoms with Gasteiger partial charge in [-0.25, -0.2) is 0 Å². The minimum Gasteiger partial charge on any atom is -0.466 e. The van der Waals surface area contributed by atoms with E-state index in [1.165, 1.54) is 0 Å². The number of esters is 1. The molecule has 0 saturated carbocycles. The van der Waals surface area contributed by atoms with Crippen molar-refractivity contribution in [2.75, 3.05) is 37.7 Å². The van der Waals surface area contributed by atoms with Gasteiger partial charge >= 0.3 is 5.97 Å². The number of ether oxygens (including phenoxy) is 1. The molecule has 1 fully saturated rings. The molecule has 1 aliphatic heterocycles. The van der Waals surface area contributed by atoms with Gasteiger partial charge in [0.2, 0.25) is 0 Å². The molecule has 0 N–H and O–H groups in total. The van der Waals surface area contributed by atoms with Crippen molar-refractivity contribution in [2.45, 2.75) is 13.3 Å². The maximum atomic E-state index is 11.4. The Morgan fingerprint density at radius 2 is 2.00 bits per heavy atom. The Morgan fingerprint density at radius 1 is 1.33 bits per heavy atom. The summed E-state index contributed by atoms with van der Waals surface area (Å²) in [6.07, 6.45) is -0.0858. The summed E-state index contributed by atoms with van der Waals surface area (Å²) in [5.41, 5.74) is 0. The summed E-state index contributed by atoms with van der Waals surface area (Å²) in [5.74, 6) is 1.70. The Labute approximate surface area is 94.3 Å². The van der Waals surface area contributed by atoms with Crippen LogP contribution in [0.15, 0.2) is 0 Å². The summed E-state index contributed by atoms with van der Waals surface area (Å²) >= 11 is 1.90. The van der Waals surface area contributed by atoms with Crippen LogP contribution < -0.4 is 0 Å². The van der Waals surface area contributed by atoms with Crippen molar-refractivity contribution < 1.29 is 14.3 Å². The minimum absolute atomic E-state index is 0.0413. The lowest BCUT2D eigenvalue weighted by Gasteiger charge is -2.25. The van der Waals surface area contributed by atoms with Crippen LogP contribution in [0.1, 0.15) is 13.3 Å². The van der Waals surface area contributed by atoms with Gasteiger partial charge < -0.3 is 4.74 Å². The number of hydrogen-bond acceptors (Lipinski definition) is 5. The first-order valence-corrected chi connectivity index (χ1v) is 6.35. The van der Waals surface area contributed by atoms with Gasteiger partial charge in [0.15, 0.2) is 5.78 Å². The predicted molar refractivity (Wildman–Crippen MR) is 60.0 cm³/mol. The third kappa shape index (κ3) is 5.18. The fourth-order valence-electron chi connectivity index (χ4n) is 1.44. The zero-order valence-electron chi connectivity index (χ0n) is 9.03. The molecule has 1 rings (SSSR count). The fraction of sp³-hybridized carbons (Fsp3) is 0.800. The van der Waals surface area contributed by atoms with Crippen LogP contribution in [0, 0.1) is 0 Å². The van der Waals surface area contributed by atoms with Gasteiger partial charge in [-0.05, 0) is 6.92 Å². The number of rotatable bonds is 5. The van der Waals surface area contributed by atoms with E-state index in [0.29, 0.717) is 13.2 Å². The highest BCUT2D eigenvalue weighted by molar-refractivity contribution is 7.99. The zero-order valence-corrected chi connectivity index (χ0v) is 9.85. The largest absolute Gasteiger partial charge is 0.466 e. The Kier molecular flexibility index (Phi) is 5.71. The number of nitrogens with zero attached hydrogens (tertiary/aromatic N) is 1. The zero-order chi connectivity index (χ0) is 11.1. The standard InChI is InChI=1S/C10H17NO3S/c1-2-14-10(13)7-9(12)8-11-3-5-15-6-4-11/h2-8H2,1H3. The summed E-state index contributed by atoms with van der Waals surface area (Å²) in [6.45, 7) is 4.36. The van der Waals surface area contributed by atoms with Crippen LogP contribution in [0.2, 0.25) is 0 Å². The summed E-state index contributed by atoms with van der Waals surface area (Å²) in [5, 5.41) is 0. The Morgan fingerprint density at radius 3 is 2.60 bits per heavy atom. The SMILES string of the molecule is CCOC(=O)CC(=O)CN1CCSCC1. The molecule has 5 heteroatoms. The van der Waals surface area contributed by atoms with Crippen molar-refractivity contribution >= 4 is 23.5 Å². The van der Waals surface area contributed by atoms with Crippen molar-refractivity contribution in [3.63, 3.8) is 0 Å². The fourth-order valence-corrected chi connectivity index (χ4v) is 2.42. The van der Waals surface area contributed by atoms with Crippen molar-refractivity contribution in [2.24, 2.45) is 0 Å². The molecule has 0 aromatic carbocycles. The van der Waals surface area contributed by atoms with E-state index in [1.54, 1.807) is 6.92 Å². The molecule has 1 heterocycles. The first-order valence-electron chi connectivity index (χ1n) is 5.19. The topological polar surface area (TPSA) is 46.6 Å². The summed E-state index contributed by atoms with van der Waals surface area (Å²) in [4.78, 5) is 24.6. The lowest BCUT2D eigenvalue weighted by atomic mass is 10.2. The van der Waals surface area contributed by atoms with Crippen LogP contribution in [-0.4, -0.2) is 54.4 Å². The van der Waals surface area contributed by atoms with E-state index in [4.69, 9.17) is 4.74 Å². The van der Waals surface area contributed by atoms with Crippen LogP contribution in [0.3, 0.4) is 0 Å². The molecule has 0 aromatic heterocycles. The van der Waals surface area contributed by atoms with E-state index in [2.05, 4.69) is 4.90 Å². The molecule has 0 aliphatic carbocycles. The van der Waals surface area contributed by atoms with Gasteiger partial charge in [0, 0.05) is 24.6 Å². The first-order chi connectivity index (χ1) is 7.22. The second-order valence-corrected chi connectivity index (χ2v) is 4.63. The number of ketones is 1. The maximum absolute atomic E-state index is 11.4. The smallest absolute Gasteiger partial charge is 0.313 e. The molecule has 0 spiro atoms. The van der Waals surface area contributed by atoms with E-state index >= 15 is 0 Å². The predicted octanol–water partition coefficient (Wildman–Crippen LogP) is 0.557. The van der Waals surface area contributed by atoms with Gasteiger partial charge in [0.25, 0.3) is 0 Å². The van der Waals surface area contributed by atoms with Gasteiger partial charge in [-0.15, -0.1) is 0 Å². The molecule has 86 valence electrons. The lowest BCUT2D eigenvalue weighted by Crippen LogP contribution is -2.37. The quantitative estimate of drug-likeness (QED) is 0.511. The normalized spacial score (nSPS) is 17.4. The molecular weight excluding hydrogens is 214 g/mol. The van der Waals surface area contributed by atoms with E-state index in [9.17, 15) is 9.59 Å². The van der Waals surface area contributed by atoms with Gasteiger partial charge in [0.05, 0.1) is 13.2 Å². The van der Waals surface area contributed by atoms with E-state index < -0.39 is 5.97 Å². The Hall–Kier alpha value is -0.550. The molecule has 4 nitrogen and oxygen atoms in total. The molecule has 1 saturated heterocycles. The number of thioether (sulfide) groups is 1. The number of carbonyl (C=O) groups is 2. The van der Waals surface area contributed by atoms with Gasteiger partial charge in [-0.2, -0.15) is 11.8 Å². The molecule has 0 atom stereocenters. The highest BCUT2D eigenvalue weighted by Crippen LogP contribution is 2.08. The van der Waals surface area contributed by atoms with Crippen molar-refractivity contribution in [1.29, 1.82) is 0 Å². The average Bonchev–Trinajstić information content (AvgIpc) is 2.19. The molecule has 0 bridgehead atoms. The summed E-state index contributed by atoms with van der Waals surface area (Å²) in [6, 6.07) is 0. The average molecular weight is 231 g/mol. The first kappa shape index (κ1) is 12.5. The highest BCUT2D eigenvalue weighted by atomic mass is 32.2. The molecule has 1 aliphatic rings. The molecule has 0 aromatic rings. The Balaban J connectivity index is 2.19. The van der Waals surface area contributed by atoms with Crippen LogP contribution in [-0.2, 0) is 14.3 Å². The van der Waals surface area contributed by atoms with Crippen LogP contribution in [0.4, 0.5) is 0 Å². The van der Waals surface area contributed by atoms with Crippen LogP contribution in [0.25, 0.3) is 0 Å². The van der Waals surface area contributed by atoms with Crippen LogP contribution >= 0.6 is 11.8 Å². The summed E-state index contributed by atoms with van der Waals surface area (Å²) in [7, 11) is 0. The third-order valence-corrected chi connectivity index (χ3v) is 3.09. The minimum atomic E-state index is -0.408. The summed E-state index contributed by atoms with van der Waals surface area (Å²) < 4.78 is 4.72. The van der Waals surface area contributed by atoms with Crippen molar-refractivity contribution in [1.82, 2.24) is 4.90 Å². The van der Waals surface area contributed by atoms with Gasteiger partial charge in [-0.1, -0.05) is 0 Å². The monoisotopic (exact) mass is 231 g/mol. The van der Waals surface area contributed by atoms with E-state index in [1.807, 2.05) is 11.8 Å². The van der Waals surface area contributed by atoms with Crippen molar-refractivity contribution in [3.8, 4) is 0 Å². The number of Topliss-reactive ketones (excluding diaryl/α,β-unsaturated/α-hetero) is 1. The maximum Gasteiger partial charge on any atom is 0.313 e. The second kappa shape index (κ2) is 6.85. The van der Waals surface area contributed by atoms with Gasteiger partial charge in [0.1, 0.15) is 6.42 Å².